The van der Waals surface area contributed by atoms with Crippen LogP contribution in [0, 0.1) is 0 Å². The van der Waals surface area contributed by atoms with Crippen LogP contribution in [0.15, 0.2) is 24.3 Å². The molecule has 0 aliphatic carbocycles. The fourth-order valence-corrected chi connectivity index (χ4v) is 3.43. The molecule has 1 aromatic carbocycles. The van der Waals surface area contributed by atoms with E-state index in [0.29, 0.717) is 5.75 Å². The van der Waals surface area contributed by atoms with E-state index in [4.69, 9.17) is 9.84 Å². The third-order valence-electron chi connectivity index (χ3n) is 5.24. The largest absolute Gasteiger partial charge is 0.480 e. The minimum absolute atomic E-state index is 0.0577. The number of carboxylic acids is 1. The summed E-state index contributed by atoms with van der Waals surface area (Å²) < 4.78 is 5.22. The molecule has 1 unspecified atom stereocenters. The minimum Gasteiger partial charge on any atom is -0.480 e. The summed E-state index contributed by atoms with van der Waals surface area (Å²) in [6.07, 6.45) is 6.40. The molecule has 0 aromatic heterocycles. The predicted molar refractivity (Wildman–Crippen MR) is 112 cm³/mol. The Bertz CT molecular complexity index is 618. The van der Waals surface area contributed by atoms with Crippen molar-refractivity contribution in [2.24, 2.45) is 0 Å². The topological polar surface area (TPSA) is 78.9 Å². The highest BCUT2D eigenvalue weighted by Gasteiger charge is 2.33. The van der Waals surface area contributed by atoms with Gasteiger partial charge < -0.3 is 20.1 Å². The number of amides is 1. The second kappa shape index (κ2) is 12.4. The van der Waals surface area contributed by atoms with Gasteiger partial charge in [-0.2, -0.15) is 0 Å². The van der Waals surface area contributed by atoms with E-state index in [1.54, 1.807) is 6.07 Å². The number of hydrogen-bond donors (Lipinski definition) is 2. The SMILES string of the molecule is CCC1(c2cccc(OC(=O)NCC(=O)O)c2)CCCCN(C)C1.CCCC. The first-order valence-corrected chi connectivity index (χ1v) is 10.3. The minimum atomic E-state index is -1.10. The lowest BCUT2D eigenvalue weighted by Gasteiger charge is -2.35. The average Bonchev–Trinajstić information content (AvgIpc) is 2.89. The van der Waals surface area contributed by atoms with Crippen molar-refractivity contribution in [1.29, 1.82) is 0 Å². The Labute approximate surface area is 169 Å². The lowest BCUT2D eigenvalue weighted by molar-refractivity contribution is -0.135. The Morgan fingerprint density at radius 3 is 2.54 bits per heavy atom. The molecule has 2 N–H and O–H groups in total. The first-order chi connectivity index (χ1) is 13.4. The van der Waals surface area contributed by atoms with Gasteiger partial charge in [-0.1, -0.05) is 52.2 Å². The molecule has 6 nitrogen and oxygen atoms in total. The molecule has 0 spiro atoms. The summed E-state index contributed by atoms with van der Waals surface area (Å²) in [6, 6.07) is 7.60. The van der Waals surface area contributed by atoms with Gasteiger partial charge >= 0.3 is 12.1 Å². The molecular weight excluding hydrogens is 356 g/mol. The number of carboxylic acid groups (broad SMARTS) is 1. The normalized spacial score (nSPS) is 19.7. The number of hydrogen-bond acceptors (Lipinski definition) is 4. The van der Waals surface area contributed by atoms with Crippen LogP contribution in [0.2, 0.25) is 0 Å². The molecule has 1 fully saturated rings. The number of ether oxygens (including phenoxy) is 1. The zero-order chi connectivity index (χ0) is 21.0. The molecule has 2 rings (SSSR count). The van der Waals surface area contributed by atoms with Crippen molar-refractivity contribution < 1.29 is 19.4 Å². The van der Waals surface area contributed by atoms with Crippen LogP contribution in [-0.2, 0) is 10.2 Å². The van der Waals surface area contributed by atoms with Crippen molar-refractivity contribution in [2.45, 2.75) is 64.7 Å². The highest BCUT2D eigenvalue weighted by Crippen LogP contribution is 2.37. The Balaban J connectivity index is 0.000000892. The zero-order valence-electron chi connectivity index (χ0n) is 17.8. The number of nitrogens with zero attached hydrogens (tertiary/aromatic N) is 1. The van der Waals surface area contributed by atoms with Crippen LogP contribution < -0.4 is 10.1 Å². The van der Waals surface area contributed by atoms with Crippen molar-refractivity contribution in [2.75, 3.05) is 26.7 Å². The molecule has 1 aromatic rings. The fourth-order valence-electron chi connectivity index (χ4n) is 3.43. The molecule has 1 saturated heterocycles. The summed E-state index contributed by atoms with van der Waals surface area (Å²) in [5, 5.41) is 10.8. The molecule has 0 saturated carbocycles. The summed E-state index contributed by atoms with van der Waals surface area (Å²) in [5.74, 6) is -0.665. The molecule has 0 radical (unpaired) electrons. The standard InChI is InChI=1S/C18H26N2O4.C4H10/c1-3-18(9-4-5-10-20(2)13-18)14-7-6-8-15(11-14)24-17(23)19-12-16(21)22;1-3-4-2/h6-8,11H,3-5,9-10,12-13H2,1-2H3,(H,19,23)(H,21,22);3-4H2,1-2H3. The second-order valence-electron chi connectivity index (χ2n) is 7.49. The molecule has 158 valence electrons. The number of nitrogens with one attached hydrogen (secondary N) is 1. The Kier molecular flexibility index (Phi) is 10.6. The van der Waals surface area contributed by atoms with Crippen molar-refractivity contribution in [3.63, 3.8) is 0 Å². The Morgan fingerprint density at radius 2 is 1.93 bits per heavy atom. The highest BCUT2D eigenvalue weighted by molar-refractivity contribution is 5.77. The number of aliphatic carboxylic acids is 1. The lowest BCUT2D eigenvalue weighted by atomic mass is 9.74. The summed E-state index contributed by atoms with van der Waals surface area (Å²) in [4.78, 5) is 24.5. The van der Waals surface area contributed by atoms with Crippen LogP contribution >= 0.6 is 0 Å². The Hall–Kier alpha value is -2.08. The average molecular weight is 393 g/mol. The first kappa shape index (κ1) is 24.0. The van der Waals surface area contributed by atoms with E-state index in [-0.39, 0.29) is 5.41 Å². The first-order valence-electron chi connectivity index (χ1n) is 10.3. The van der Waals surface area contributed by atoms with Gasteiger partial charge in [-0.25, -0.2) is 4.79 Å². The lowest BCUT2D eigenvalue weighted by Crippen LogP contribution is -2.37. The van der Waals surface area contributed by atoms with Crippen LogP contribution in [0.3, 0.4) is 0 Å². The van der Waals surface area contributed by atoms with Gasteiger partial charge in [0.25, 0.3) is 0 Å². The maximum Gasteiger partial charge on any atom is 0.413 e. The van der Waals surface area contributed by atoms with E-state index in [9.17, 15) is 9.59 Å². The van der Waals surface area contributed by atoms with Crippen molar-refractivity contribution >= 4 is 12.1 Å². The monoisotopic (exact) mass is 392 g/mol. The van der Waals surface area contributed by atoms with Crippen molar-refractivity contribution in [3.8, 4) is 5.75 Å². The molecule has 6 heteroatoms. The number of likely N-dealkylation sites (tertiary alicyclic amines) is 1. The zero-order valence-corrected chi connectivity index (χ0v) is 17.8. The number of carbonyl (C=O) groups excluding carboxylic acids is 1. The van der Waals surface area contributed by atoms with Gasteiger partial charge in [-0.3, -0.25) is 4.79 Å². The predicted octanol–water partition coefficient (Wildman–Crippen LogP) is 4.43. The fraction of sp³-hybridized carbons (Fsp3) is 0.636. The van der Waals surface area contributed by atoms with Crippen LogP contribution in [-0.4, -0.2) is 48.8 Å². The molecule has 1 amide bonds. The number of unbranched alkanes of at least 4 members (excludes halogenated alkanes) is 1. The van der Waals surface area contributed by atoms with E-state index in [2.05, 4.69) is 44.1 Å². The Morgan fingerprint density at radius 1 is 1.21 bits per heavy atom. The van der Waals surface area contributed by atoms with E-state index in [1.807, 2.05) is 12.1 Å². The third kappa shape index (κ3) is 7.89. The van der Waals surface area contributed by atoms with Gasteiger partial charge in [0.05, 0.1) is 0 Å². The van der Waals surface area contributed by atoms with E-state index < -0.39 is 18.6 Å². The van der Waals surface area contributed by atoms with Gasteiger partial charge in [0, 0.05) is 12.0 Å². The maximum absolute atomic E-state index is 11.7. The summed E-state index contributed by atoms with van der Waals surface area (Å²) in [7, 11) is 2.15. The highest BCUT2D eigenvalue weighted by atomic mass is 16.6. The van der Waals surface area contributed by atoms with Gasteiger partial charge in [-0.15, -0.1) is 0 Å². The summed E-state index contributed by atoms with van der Waals surface area (Å²) >= 11 is 0. The third-order valence-corrected chi connectivity index (χ3v) is 5.24. The van der Waals surface area contributed by atoms with Gasteiger partial charge in [0.15, 0.2) is 0 Å². The van der Waals surface area contributed by atoms with E-state index in [1.165, 1.54) is 31.2 Å². The molecule has 1 aliphatic heterocycles. The van der Waals surface area contributed by atoms with Crippen molar-refractivity contribution in [3.05, 3.63) is 29.8 Å². The quantitative estimate of drug-likeness (QED) is 0.749. The summed E-state index contributed by atoms with van der Waals surface area (Å²) in [6.45, 7) is 8.20. The number of rotatable bonds is 6. The van der Waals surface area contributed by atoms with Gasteiger partial charge in [-0.05, 0) is 50.6 Å². The van der Waals surface area contributed by atoms with Gasteiger partial charge in [0.2, 0.25) is 0 Å². The summed E-state index contributed by atoms with van der Waals surface area (Å²) in [5.41, 5.74) is 1.23. The van der Waals surface area contributed by atoms with Crippen molar-refractivity contribution in [1.82, 2.24) is 10.2 Å². The number of carbonyl (C=O) groups is 2. The number of benzene rings is 1. The molecule has 28 heavy (non-hydrogen) atoms. The molecule has 1 atom stereocenters. The number of likely N-dealkylation sites (N-methyl/N-ethyl adjacent to an activating group) is 1. The van der Waals surface area contributed by atoms with E-state index in [0.717, 1.165) is 25.9 Å². The molecule has 1 heterocycles. The van der Waals surface area contributed by atoms with Crippen LogP contribution in [0.5, 0.6) is 5.75 Å². The van der Waals surface area contributed by atoms with Crippen LogP contribution in [0.4, 0.5) is 4.79 Å². The molecule has 1 aliphatic rings. The molecular formula is C22H36N2O4. The smallest absolute Gasteiger partial charge is 0.413 e. The van der Waals surface area contributed by atoms with Gasteiger partial charge in [0.1, 0.15) is 12.3 Å². The molecule has 0 bridgehead atoms. The maximum atomic E-state index is 11.7. The second-order valence-corrected chi connectivity index (χ2v) is 7.49. The van der Waals surface area contributed by atoms with Crippen LogP contribution in [0.1, 0.15) is 64.9 Å². The van der Waals surface area contributed by atoms with Crippen LogP contribution in [0.25, 0.3) is 0 Å². The van der Waals surface area contributed by atoms with E-state index >= 15 is 0 Å².